The molecule has 0 bridgehead atoms. The Bertz CT molecular complexity index is 700. The van der Waals surface area contributed by atoms with Gasteiger partial charge < -0.3 is 4.90 Å². The van der Waals surface area contributed by atoms with Crippen molar-refractivity contribution in [3.63, 3.8) is 0 Å². The van der Waals surface area contributed by atoms with Crippen LogP contribution in [0.5, 0.6) is 0 Å². The van der Waals surface area contributed by atoms with Crippen molar-refractivity contribution in [2.75, 3.05) is 26.2 Å². The minimum atomic E-state index is 0.0168. The normalized spacial score (nSPS) is 22.7. The molecule has 2 aromatic rings. The molecule has 2 aliphatic rings. The standard InChI is InChI=1S/C14H16BrN5O/c15-10-7-16-13-6-12(17-20(13)8-10)14(21)19-5-4-18-3-1-2-11(18)9-19/h6-8,11H,1-5,9H2. The number of halogens is 1. The SMILES string of the molecule is O=C(c1cc2ncc(Br)cn2n1)N1CCN2CCCC2C1. The molecular weight excluding hydrogens is 334 g/mol. The number of fused-ring (bicyclic) bond motifs is 2. The van der Waals surface area contributed by atoms with Gasteiger partial charge in [-0.15, -0.1) is 0 Å². The highest BCUT2D eigenvalue weighted by atomic mass is 79.9. The third-order valence-corrected chi connectivity index (χ3v) is 4.78. The molecule has 110 valence electrons. The van der Waals surface area contributed by atoms with Crippen LogP contribution in [0.15, 0.2) is 22.9 Å². The van der Waals surface area contributed by atoms with Crippen LogP contribution in [0.3, 0.4) is 0 Å². The van der Waals surface area contributed by atoms with Crippen LogP contribution in [0, 0.1) is 0 Å². The van der Waals surface area contributed by atoms with E-state index in [-0.39, 0.29) is 5.91 Å². The van der Waals surface area contributed by atoms with Gasteiger partial charge in [-0.3, -0.25) is 9.69 Å². The summed E-state index contributed by atoms with van der Waals surface area (Å²) in [5, 5.41) is 4.35. The fourth-order valence-corrected chi connectivity index (χ4v) is 3.59. The highest BCUT2D eigenvalue weighted by Gasteiger charge is 2.33. The molecule has 6 nitrogen and oxygen atoms in total. The first-order chi connectivity index (χ1) is 10.2. The van der Waals surface area contributed by atoms with Crippen LogP contribution < -0.4 is 0 Å². The summed E-state index contributed by atoms with van der Waals surface area (Å²) >= 11 is 3.36. The number of piperazine rings is 1. The van der Waals surface area contributed by atoms with Crippen molar-refractivity contribution in [3.05, 3.63) is 28.6 Å². The molecule has 0 aromatic carbocycles. The monoisotopic (exact) mass is 349 g/mol. The predicted octanol–water partition coefficient (Wildman–Crippen LogP) is 1.41. The summed E-state index contributed by atoms with van der Waals surface area (Å²) in [5.74, 6) is 0.0168. The fourth-order valence-electron chi connectivity index (χ4n) is 3.30. The van der Waals surface area contributed by atoms with E-state index in [4.69, 9.17) is 0 Å². The highest BCUT2D eigenvalue weighted by Crippen LogP contribution is 2.22. The van der Waals surface area contributed by atoms with Crippen LogP contribution in [-0.4, -0.2) is 62.5 Å². The fraction of sp³-hybridized carbons (Fsp3) is 0.500. The van der Waals surface area contributed by atoms with Crippen LogP contribution in [0.2, 0.25) is 0 Å². The van der Waals surface area contributed by atoms with E-state index in [1.165, 1.54) is 19.4 Å². The molecule has 21 heavy (non-hydrogen) atoms. The van der Waals surface area contributed by atoms with E-state index in [0.717, 1.165) is 24.1 Å². The molecule has 0 saturated carbocycles. The molecule has 4 rings (SSSR count). The van der Waals surface area contributed by atoms with Crippen LogP contribution in [-0.2, 0) is 0 Å². The molecule has 0 aliphatic carbocycles. The second-order valence-corrected chi connectivity index (χ2v) is 6.60. The Hall–Kier alpha value is -1.47. The van der Waals surface area contributed by atoms with Crippen LogP contribution in [0.4, 0.5) is 0 Å². The second kappa shape index (κ2) is 5.06. The van der Waals surface area contributed by atoms with E-state index in [0.29, 0.717) is 17.4 Å². The van der Waals surface area contributed by atoms with Crippen LogP contribution in [0.1, 0.15) is 23.3 Å². The Morgan fingerprint density at radius 1 is 1.33 bits per heavy atom. The molecule has 7 heteroatoms. The van der Waals surface area contributed by atoms with E-state index in [1.807, 2.05) is 11.1 Å². The molecule has 2 aliphatic heterocycles. The summed E-state index contributed by atoms with van der Waals surface area (Å²) in [7, 11) is 0. The van der Waals surface area contributed by atoms with Crippen LogP contribution in [0.25, 0.3) is 5.65 Å². The largest absolute Gasteiger partial charge is 0.334 e. The lowest BCUT2D eigenvalue weighted by molar-refractivity contribution is 0.0565. The second-order valence-electron chi connectivity index (χ2n) is 5.69. The Morgan fingerprint density at radius 3 is 3.14 bits per heavy atom. The van der Waals surface area contributed by atoms with Gasteiger partial charge in [-0.05, 0) is 35.3 Å². The van der Waals surface area contributed by atoms with Crippen molar-refractivity contribution in [1.82, 2.24) is 24.4 Å². The van der Waals surface area contributed by atoms with Gasteiger partial charge in [0.25, 0.3) is 5.91 Å². The van der Waals surface area contributed by atoms with Gasteiger partial charge in [0.05, 0.1) is 4.47 Å². The molecule has 0 spiro atoms. The van der Waals surface area contributed by atoms with Gasteiger partial charge in [-0.1, -0.05) is 0 Å². The van der Waals surface area contributed by atoms with E-state index < -0.39 is 0 Å². The molecule has 2 fully saturated rings. The van der Waals surface area contributed by atoms with Crippen molar-refractivity contribution in [2.24, 2.45) is 0 Å². The summed E-state index contributed by atoms with van der Waals surface area (Å²) in [5.41, 5.74) is 1.17. The number of hydrogen-bond acceptors (Lipinski definition) is 4. The maximum Gasteiger partial charge on any atom is 0.274 e. The number of nitrogens with zero attached hydrogens (tertiary/aromatic N) is 5. The maximum absolute atomic E-state index is 12.6. The molecule has 1 unspecified atom stereocenters. The van der Waals surface area contributed by atoms with Gasteiger partial charge in [-0.2, -0.15) is 5.10 Å². The first-order valence-electron chi connectivity index (χ1n) is 7.25. The quantitative estimate of drug-likeness (QED) is 0.781. The number of hydrogen-bond donors (Lipinski definition) is 0. The zero-order chi connectivity index (χ0) is 14.4. The third-order valence-electron chi connectivity index (χ3n) is 4.38. The van der Waals surface area contributed by atoms with Gasteiger partial charge >= 0.3 is 0 Å². The number of amides is 1. The Kier molecular flexibility index (Phi) is 3.19. The minimum absolute atomic E-state index is 0.0168. The summed E-state index contributed by atoms with van der Waals surface area (Å²) in [6.45, 7) is 3.77. The van der Waals surface area contributed by atoms with E-state index in [1.54, 1.807) is 16.8 Å². The van der Waals surface area contributed by atoms with Gasteiger partial charge in [0.1, 0.15) is 0 Å². The Morgan fingerprint density at radius 2 is 2.24 bits per heavy atom. The van der Waals surface area contributed by atoms with E-state index in [2.05, 4.69) is 30.9 Å². The van der Waals surface area contributed by atoms with Crippen LogP contribution >= 0.6 is 15.9 Å². The van der Waals surface area contributed by atoms with E-state index in [9.17, 15) is 4.79 Å². The molecule has 0 radical (unpaired) electrons. The number of carbonyl (C=O) groups excluding carboxylic acids is 1. The number of aromatic nitrogens is 3. The van der Waals surface area contributed by atoms with Gasteiger partial charge in [0.15, 0.2) is 11.3 Å². The molecule has 4 heterocycles. The molecule has 2 aromatic heterocycles. The lowest BCUT2D eigenvalue weighted by Crippen LogP contribution is -2.52. The topological polar surface area (TPSA) is 53.7 Å². The summed E-state index contributed by atoms with van der Waals surface area (Å²) in [6.07, 6.45) is 5.97. The molecule has 2 saturated heterocycles. The zero-order valence-corrected chi connectivity index (χ0v) is 13.2. The third kappa shape index (κ3) is 2.34. The zero-order valence-electron chi connectivity index (χ0n) is 11.6. The Labute approximate surface area is 130 Å². The average Bonchev–Trinajstić information content (AvgIpc) is 3.11. The van der Waals surface area contributed by atoms with Gasteiger partial charge in [-0.25, -0.2) is 9.50 Å². The van der Waals surface area contributed by atoms with Crippen molar-refractivity contribution >= 4 is 27.5 Å². The first-order valence-corrected chi connectivity index (χ1v) is 8.04. The number of carbonyl (C=O) groups is 1. The maximum atomic E-state index is 12.6. The Balaban J connectivity index is 1.58. The summed E-state index contributed by atoms with van der Waals surface area (Å²) in [4.78, 5) is 21.3. The van der Waals surface area contributed by atoms with Crippen molar-refractivity contribution in [3.8, 4) is 0 Å². The minimum Gasteiger partial charge on any atom is -0.334 e. The number of rotatable bonds is 1. The van der Waals surface area contributed by atoms with Crippen molar-refractivity contribution in [1.29, 1.82) is 0 Å². The lowest BCUT2D eigenvalue weighted by Gasteiger charge is -2.37. The molecule has 1 amide bonds. The summed E-state index contributed by atoms with van der Waals surface area (Å²) < 4.78 is 2.49. The first kappa shape index (κ1) is 13.2. The summed E-state index contributed by atoms with van der Waals surface area (Å²) in [6, 6.07) is 2.29. The molecule has 0 N–H and O–H groups in total. The average molecular weight is 350 g/mol. The highest BCUT2D eigenvalue weighted by molar-refractivity contribution is 9.10. The van der Waals surface area contributed by atoms with E-state index >= 15 is 0 Å². The van der Waals surface area contributed by atoms with Crippen molar-refractivity contribution in [2.45, 2.75) is 18.9 Å². The predicted molar refractivity (Wildman–Crippen MR) is 81.2 cm³/mol. The van der Waals surface area contributed by atoms with Gasteiger partial charge in [0, 0.05) is 44.1 Å². The molecule has 1 atom stereocenters. The smallest absolute Gasteiger partial charge is 0.274 e. The van der Waals surface area contributed by atoms with Crippen molar-refractivity contribution < 1.29 is 4.79 Å². The lowest BCUT2D eigenvalue weighted by atomic mass is 10.1. The van der Waals surface area contributed by atoms with Gasteiger partial charge in [0.2, 0.25) is 0 Å². The molecular formula is C14H16BrN5O.